The number of nitrogens with zero attached hydrogens (tertiary/aromatic N) is 4. The quantitative estimate of drug-likeness (QED) is 0.334. The normalized spacial score (nSPS) is 16.1. The fourth-order valence-corrected chi connectivity index (χ4v) is 4.96. The maximum atomic E-state index is 12.6. The number of nitro benzene ring substituents is 1. The number of benzene rings is 2. The van der Waals surface area contributed by atoms with E-state index in [1.54, 1.807) is 37.4 Å². The van der Waals surface area contributed by atoms with Crippen LogP contribution in [-0.4, -0.2) is 80.4 Å². The number of nitro groups is 1. The molecule has 10 nitrogen and oxygen atoms in total. The van der Waals surface area contributed by atoms with Crippen LogP contribution in [0.2, 0.25) is 0 Å². The van der Waals surface area contributed by atoms with E-state index in [1.807, 2.05) is 15.9 Å². The zero-order valence-corrected chi connectivity index (χ0v) is 21.6. The second-order valence-electron chi connectivity index (χ2n) is 8.11. The minimum atomic E-state index is -0.338. The minimum absolute atomic E-state index is 0.100. The van der Waals surface area contributed by atoms with E-state index in [4.69, 9.17) is 21.7 Å². The molecule has 0 aromatic heterocycles. The topological polar surface area (TPSA) is 100 Å². The van der Waals surface area contributed by atoms with Crippen molar-refractivity contribution in [3.63, 3.8) is 0 Å². The van der Waals surface area contributed by atoms with Gasteiger partial charge in [-0.15, -0.1) is 0 Å². The molecule has 35 heavy (non-hydrogen) atoms. The Bertz CT molecular complexity index is 1120. The lowest BCUT2D eigenvalue weighted by molar-refractivity contribution is -0.384. The lowest BCUT2D eigenvalue weighted by Crippen LogP contribution is -2.52. The van der Waals surface area contributed by atoms with Crippen LogP contribution in [0.3, 0.4) is 0 Å². The molecule has 0 atom stereocenters. The first-order valence-electron chi connectivity index (χ1n) is 11.2. The number of halogens is 1. The molecule has 1 amide bonds. The van der Waals surface area contributed by atoms with E-state index in [0.29, 0.717) is 79.1 Å². The Morgan fingerprint density at radius 2 is 1.80 bits per heavy atom. The number of thiocarbonyl (C=S) groups is 1. The van der Waals surface area contributed by atoms with Crippen molar-refractivity contribution < 1.29 is 19.2 Å². The lowest BCUT2D eigenvalue weighted by atomic mass is 10.1. The summed E-state index contributed by atoms with van der Waals surface area (Å²) in [6.07, 6.45) is 0. The standard InChI is InChI=1S/C23H26BrN5O5S/c1-33-21-5-2-16(14-18(21)24)22(30)25-23(35)28-8-6-26(7-9-28)17-3-4-19(29(31)32)20(15-17)27-10-12-34-13-11-27/h2-5,14-15H,6-13H2,1H3,(H,25,30,35). The molecule has 0 radical (unpaired) electrons. The molecule has 0 bridgehead atoms. The highest BCUT2D eigenvalue weighted by atomic mass is 79.9. The van der Waals surface area contributed by atoms with Gasteiger partial charge < -0.3 is 24.2 Å². The van der Waals surface area contributed by atoms with Crippen LogP contribution < -0.4 is 19.9 Å². The fourth-order valence-electron chi connectivity index (χ4n) is 4.14. The highest BCUT2D eigenvalue weighted by molar-refractivity contribution is 9.10. The van der Waals surface area contributed by atoms with Crippen LogP contribution in [0, 0.1) is 10.1 Å². The van der Waals surface area contributed by atoms with Crippen molar-refractivity contribution in [1.82, 2.24) is 10.2 Å². The summed E-state index contributed by atoms with van der Waals surface area (Å²) in [7, 11) is 1.56. The van der Waals surface area contributed by atoms with E-state index in [2.05, 4.69) is 26.1 Å². The fraction of sp³-hybridized carbons (Fsp3) is 0.391. The van der Waals surface area contributed by atoms with E-state index in [0.717, 1.165) is 5.69 Å². The molecule has 12 heteroatoms. The predicted molar refractivity (Wildman–Crippen MR) is 141 cm³/mol. The summed E-state index contributed by atoms with van der Waals surface area (Å²) in [5.41, 5.74) is 2.12. The maximum Gasteiger partial charge on any atom is 0.292 e. The predicted octanol–water partition coefficient (Wildman–Crippen LogP) is 3.04. The number of carbonyl (C=O) groups is 1. The first-order valence-corrected chi connectivity index (χ1v) is 12.4. The van der Waals surface area contributed by atoms with Crippen LogP contribution in [0.1, 0.15) is 10.4 Å². The Morgan fingerprint density at radius 1 is 1.09 bits per heavy atom. The number of nitrogens with one attached hydrogen (secondary N) is 1. The number of piperazine rings is 1. The summed E-state index contributed by atoms with van der Waals surface area (Å²) >= 11 is 8.87. The average Bonchev–Trinajstić information content (AvgIpc) is 2.88. The second kappa shape index (κ2) is 11.2. The van der Waals surface area contributed by atoms with Crippen LogP contribution >= 0.6 is 28.1 Å². The van der Waals surface area contributed by atoms with Gasteiger partial charge in [-0.05, 0) is 58.5 Å². The number of amides is 1. The summed E-state index contributed by atoms with van der Waals surface area (Å²) in [4.78, 5) is 30.0. The summed E-state index contributed by atoms with van der Waals surface area (Å²) in [6.45, 7) is 4.93. The third-order valence-electron chi connectivity index (χ3n) is 6.07. The molecule has 1 N–H and O–H groups in total. The van der Waals surface area contributed by atoms with Gasteiger partial charge in [0.1, 0.15) is 11.4 Å². The Morgan fingerprint density at radius 3 is 2.43 bits per heavy atom. The maximum absolute atomic E-state index is 12.6. The number of hydrogen-bond acceptors (Lipinski definition) is 8. The Balaban J connectivity index is 1.38. The molecule has 2 aliphatic heterocycles. The van der Waals surface area contributed by atoms with Crippen LogP contribution in [0.4, 0.5) is 17.1 Å². The van der Waals surface area contributed by atoms with Crippen molar-refractivity contribution in [2.24, 2.45) is 0 Å². The van der Waals surface area contributed by atoms with Gasteiger partial charge in [-0.25, -0.2) is 0 Å². The summed E-state index contributed by atoms with van der Waals surface area (Å²) in [5, 5.41) is 14.8. The number of hydrogen-bond donors (Lipinski definition) is 1. The third-order valence-corrected chi connectivity index (χ3v) is 7.05. The molecular weight excluding hydrogens is 538 g/mol. The third kappa shape index (κ3) is 5.82. The Labute approximate surface area is 217 Å². The van der Waals surface area contributed by atoms with Gasteiger partial charge in [0.25, 0.3) is 11.6 Å². The van der Waals surface area contributed by atoms with E-state index in [-0.39, 0.29) is 16.5 Å². The van der Waals surface area contributed by atoms with Gasteiger partial charge in [-0.1, -0.05) is 0 Å². The van der Waals surface area contributed by atoms with Gasteiger partial charge in [0.05, 0.1) is 29.7 Å². The van der Waals surface area contributed by atoms with Crippen molar-refractivity contribution in [3.05, 3.63) is 56.5 Å². The molecule has 0 saturated carbocycles. The molecule has 2 fully saturated rings. The zero-order valence-electron chi connectivity index (χ0n) is 19.2. The van der Waals surface area contributed by atoms with Crippen molar-refractivity contribution in [2.75, 3.05) is 69.4 Å². The number of anilines is 2. The molecule has 2 heterocycles. The number of methoxy groups -OCH3 is 1. The zero-order chi connectivity index (χ0) is 24.9. The molecule has 2 aliphatic rings. The first-order chi connectivity index (χ1) is 16.9. The SMILES string of the molecule is COc1ccc(C(=O)NC(=S)N2CCN(c3ccc([N+](=O)[O-])c(N4CCOCC4)c3)CC2)cc1Br. The van der Waals surface area contributed by atoms with Gasteiger partial charge in [0, 0.05) is 56.6 Å². The van der Waals surface area contributed by atoms with Crippen LogP contribution in [0.25, 0.3) is 0 Å². The van der Waals surface area contributed by atoms with Crippen LogP contribution in [0.15, 0.2) is 40.9 Å². The van der Waals surface area contributed by atoms with Gasteiger partial charge in [0.2, 0.25) is 0 Å². The molecular formula is C23H26BrN5O5S. The summed E-state index contributed by atoms with van der Waals surface area (Å²) in [6, 6.07) is 10.3. The number of carbonyl (C=O) groups excluding carboxylic acids is 1. The summed E-state index contributed by atoms with van der Waals surface area (Å²) in [5.74, 6) is 0.356. The van der Waals surface area contributed by atoms with Gasteiger partial charge >= 0.3 is 0 Å². The van der Waals surface area contributed by atoms with Crippen molar-refractivity contribution in [3.8, 4) is 5.75 Å². The van der Waals surface area contributed by atoms with Gasteiger partial charge in [-0.2, -0.15) is 0 Å². The van der Waals surface area contributed by atoms with Crippen molar-refractivity contribution in [1.29, 1.82) is 0 Å². The van der Waals surface area contributed by atoms with Crippen molar-refractivity contribution >= 4 is 56.2 Å². The Hall–Kier alpha value is -2.96. The molecule has 2 aromatic rings. The largest absolute Gasteiger partial charge is 0.496 e. The molecule has 0 aliphatic carbocycles. The molecule has 0 unspecified atom stereocenters. The number of morpholine rings is 1. The molecule has 0 spiro atoms. The summed E-state index contributed by atoms with van der Waals surface area (Å²) < 4.78 is 11.3. The van der Waals surface area contributed by atoms with Crippen LogP contribution in [0.5, 0.6) is 5.75 Å². The highest BCUT2D eigenvalue weighted by Crippen LogP contribution is 2.33. The van der Waals surface area contributed by atoms with Gasteiger partial charge in [0.15, 0.2) is 5.11 Å². The monoisotopic (exact) mass is 563 g/mol. The van der Waals surface area contributed by atoms with Crippen molar-refractivity contribution in [2.45, 2.75) is 0 Å². The lowest BCUT2D eigenvalue weighted by Gasteiger charge is -2.37. The number of ether oxygens (including phenoxy) is 2. The van der Waals surface area contributed by atoms with E-state index >= 15 is 0 Å². The first kappa shape index (κ1) is 25.1. The molecule has 4 rings (SSSR count). The van der Waals surface area contributed by atoms with E-state index < -0.39 is 0 Å². The Kier molecular flexibility index (Phi) is 8.04. The smallest absolute Gasteiger partial charge is 0.292 e. The second-order valence-corrected chi connectivity index (χ2v) is 9.35. The molecule has 2 aromatic carbocycles. The molecule has 2 saturated heterocycles. The highest BCUT2D eigenvalue weighted by Gasteiger charge is 2.25. The molecule has 186 valence electrons. The number of rotatable bonds is 5. The average molecular weight is 564 g/mol. The minimum Gasteiger partial charge on any atom is -0.496 e. The van der Waals surface area contributed by atoms with Gasteiger partial charge in [-0.3, -0.25) is 20.2 Å². The van der Waals surface area contributed by atoms with Crippen LogP contribution in [-0.2, 0) is 4.74 Å². The van der Waals surface area contributed by atoms with E-state index in [1.165, 1.54) is 0 Å². The van der Waals surface area contributed by atoms with E-state index in [9.17, 15) is 14.9 Å².